The molecule has 6 heteroatoms. The van der Waals surface area contributed by atoms with Gasteiger partial charge >= 0.3 is 17.9 Å². The molecule has 0 aliphatic carbocycles. The number of unbranched alkanes of at least 4 members (excludes halogenated alkanes) is 53. The Morgan fingerprint density at radius 2 is 0.412 bits per heavy atom. The number of carbonyl (C=O) groups is 3. The fraction of sp³-hybridized carbons (Fsp3) is 0.905. The monoisotopic (exact) mass is 1130 g/mol. The Balaban J connectivity index is 4.27. The number of ether oxygens (including phenoxy) is 3. The predicted molar refractivity (Wildman–Crippen MR) is 349 cm³/mol. The maximum atomic E-state index is 13.0. The molecule has 472 valence electrons. The number of hydrogen-bond acceptors (Lipinski definition) is 6. The molecule has 0 aromatic heterocycles. The van der Waals surface area contributed by atoms with Crippen molar-refractivity contribution in [2.45, 2.75) is 419 Å². The lowest BCUT2D eigenvalue weighted by molar-refractivity contribution is -0.167. The van der Waals surface area contributed by atoms with Crippen LogP contribution in [0.2, 0.25) is 0 Å². The summed E-state index contributed by atoms with van der Waals surface area (Å²) in [4.78, 5) is 38.5. The second kappa shape index (κ2) is 69.4. The molecular formula is C74H140O6. The van der Waals surface area contributed by atoms with Crippen LogP contribution in [0.4, 0.5) is 0 Å². The fourth-order valence-electron chi connectivity index (χ4n) is 11.2. The predicted octanol–water partition coefficient (Wildman–Crippen LogP) is 25.0. The molecule has 6 nitrogen and oxygen atoms in total. The lowest BCUT2D eigenvalue weighted by atomic mass is 10.0. The van der Waals surface area contributed by atoms with Gasteiger partial charge in [-0.15, -0.1) is 0 Å². The van der Waals surface area contributed by atoms with E-state index in [1.54, 1.807) is 0 Å². The summed E-state index contributed by atoms with van der Waals surface area (Å²) in [5.74, 6) is -0.833. The summed E-state index contributed by atoms with van der Waals surface area (Å²) in [6.45, 7) is 6.72. The maximum Gasteiger partial charge on any atom is 0.306 e. The number of rotatable bonds is 68. The van der Waals surface area contributed by atoms with E-state index in [1.165, 1.54) is 315 Å². The molecule has 0 heterocycles. The molecular weight excluding hydrogens is 985 g/mol. The number of hydrogen-bond donors (Lipinski definition) is 0. The first-order chi connectivity index (χ1) is 39.5. The highest BCUT2D eigenvalue weighted by Crippen LogP contribution is 2.19. The van der Waals surface area contributed by atoms with Gasteiger partial charge in [0.1, 0.15) is 13.2 Å². The molecule has 0 fully saturated rings. The molecule has 0 aliphatic rings. The summed E-state index contributed by atoms with van der Waals surface area (Å²) >= 11 is 0. The first-order valence-electron chi connectivity index (χ1n) is 36.3. The van der Waals surface area contributed by atoms with Gasteiger partial charge in [0.2, 0.25) is 0 Å². The van der Waals surface area contributed by atoms with Gasteiger partial charge in [-0.25, -0.2) is 0 Å². The molecule has 0 aliphatic heterocycles. The van der Waals surface area contributed by atoms with Gasteiger partial charge < -0.3 is 14.2 Å². The van der Waals surface area contributed by atoms with Crippen LogP contribution in [0.15, 0.2) is 24.3 Å². The van der Waals surface area contributed by atoms with Crippen LogP contribution in [0, 0.1) is 0 Å². The van der Waals surface area contributed by atoms with Crippen molar-refractivity contribution in [1.29, 1.82) is 0 Å². The Hall–Kier alpha value is -2.11. The second-order valence-corrected chi connectivity index (χ2v) is 24.9. The Bertz CT molecular complexity index is 1290. The highest BCUT2D eigenvalue weighted by Gasteiger charge is 2.19. The molecule has 0 rings (SSSR count). The molecule has 1 unspecified atom stereocenters. The fourth-order valence-corrected chi connectivity index (χ4v) is 11.2. The van der Waals surface area contributed by atoms with Crippen molar-refractivity contribution in [2.24, 2.45) is 0 Å². The standard InChI is InChI=1S/C74H140O6/c1-4-7-10-13-16-19-22-25-28-31-34-35-36-37-38-39-41-43-46-49-52-55-58-61-64-67-73(76)79-70-71(69-78-72(75)66-63-60-57-54-51-48-45-42-33-30-27-24-21-18-15-12-9-6-3)80-74(77)68-65-62-59-56-53-50-47-44-40-32-29-26-23-20-17-14-11-8-5-2/h26,29,31,34,71H,4-25,27-28,30,32-33,35-70H2,1-3H3/b29-26-,34-31-. The van der Waals surface area contributed by atoms with Crippen molar-refractivity contribution in [3.05, 3.63) is 24.3 Å². The van der Waals surface area contributed by atoms with Gasteiger partial charge in [0.05, 0.1) is 0 Å². The van der Waals surface area contributed by atoms with Gasteiger partial charge in [0.25, 0.3) is 0 Å². The van der Waals surface area contributed by atoms with Crippen molar-refractivity contribution in [3.8, 4) is 0 Å². The average Bonchev–Trinajstić information content (AvgIpc) is 3.46. The molecule has 0 bridgehead atoms. The molecule has 0 amide bonds. The molecule has 0 spiro atoms. The van der Waals surface area contributed by atoms with E-state index in [2.05, 4.69) is 45.1 Å². The van der Waals surface area contributed by atoms with Gasteiger partial charge in [0.15, 0.2) is 6.10 Å². The molecule has 0 aromatic carbocycles. The summed E-state index contributed by atoms with van der Waals surface area (Å²) in [6, 6.07) is 0. The summed E-state index contributed by atoms with van der Waals surface area (Å²) in [5, 5.41) is 0. The summed E-state index contributed by atoms with van der Waals surface area (Å²) < 4.78 is 17.0. The van der Waals surface area contributed by atoms with Crippen LogP contribution >= 0.6 is 0 Å². The number of allylic oxidation sites excluding steroid dienone is 4. The van der Waals surface area contributed by atoms with E-state index >= 15 is 0 Å². The van der Waals surface area contributed by atoms with Gasteiger partial charge in [-0.1, -0.05) is 347 Å². The molecule has 0 aromatic rings. The van der Waals surface area contributed by atoms with Crippen LogP contribution < -0.4 is 0 Å². The molecule has 1 atom stereocenters. The van der Waals surface area contributed by atoms with E-state index in [-0.39, 0.29) is 31.1 Å². The lowest BCUT2D eigenvalue weighted by Gasteiger charge is -2.18. The van der Waals surface area contributed by atoms with Crippen molar-refractivity contribution in [3.63, 3.8) is 0 Å². The van der Waals surface area contributed by atoms with Gasteiger partial charge in [0, 0.05) is 19.3 Å². The minimum atomic E-state index is -0.770. The van der Waals surface area contributed by atoms with Crippen LogP contribution in [-0.4, -0.2) is 37.2 Å². The minimum absolute atomic E-state index is 0.0658. The summed E-state index contributed by atoms with van der Waals surface area (Å²) in [5.41, 5.74) is 0. The molecule has 0 N–H and O–H groups in total. The van der Waals surface area contributed by atoms with Crippen molar-refractivity contribution in [1.82, 2.24) is 0 Å². The van der Waals surface area contributed by atoms with Crippen molar-refractivity contribution >= 4 is 17.9 Å². The van der Waals surface area contributed by atoms with Crippen LogP contribution in [0.1, 0.15) is 412 Å². The van der Waals surface area contributed by atoms with Gasteiger partial charge in [-0.05, 0) is 70.6 Å². The third-order valence-electron chi connectivity index (χ3n) is 16.7. The first-order valence-corrected chi connectivity index (χ1v) is 36.3. The van der Waals surface area contributed by atoms with Crippen LogP contribution in [-0.2, 0) is 28.6 Å². The van der Waals surface area contributed by atoms with Gasteiger partial charge in [-0.2, -0.15) is 0 Å². The van der Waals surface area contributed by atoms with E-state index in [1.807, 2.05) is 0 Å². The highest BCUT2D eigenvalue weighted by atomic mass is 16.6. The van der Waals surface area contributed by atoms with E-state index < -0.39 is 6.10 Å². The minimum Gasteiger partial charge on any atom is -0.462 e. The Morgan fingerprint density at radius 3 is 0.625 bits per heavy atom. The third-order valence-corrected chi connectivity index (χ3v) is 16.7. The summed E-state index contributed by atoms with van der Waals surface area (Å²) in [7, 11) is 0. The van der Waals surface area contributed by atoms with E-state index in [0.29, 0.717) is 19.3 Å². The topological polar surface area (TPSA) is 78.9 Å². The third kappa shape index (κ3) is 66.7. The first kappa shape index (κ1) is 77.9. The second-order valence-electron chi connectivity index (χ2n) is 24.9. The van der Waals surface area contributed by atoms with Crippen molar-refractivity contribution < 1.29 is 28.6 Å². The Labute approximate surface area is 500 Å². The summed E-state index contributed by atoms with van der Waals surface area (Å²) in [6.07, 6.45) is 84.9. The molecule has 80 heavy (non-hydrogen) atoms. The lowest BCUT2D eigenvalue weighted by Crippen LogP contribution is -2.30. The SMILES string of the molecule is CCCCCCCC/C=C\CCCCCCCCCCCC(=O)OC(COC(=O)CCCCCCCCCCCCCCC/C=C\CCCCCCCCCC)COC(=O)CCCCCCCCCCCCCCCCCCCC. The van der Waals surface area contributed by atoms with E-state index in [9.17, 15) is 14.4 Å². The van der Waals surface area contributed by atoms with Crippen molar-refractivity contribution in [2.75, 3.05) is 13.2 Å². The molecule has 0 saturated heterocycles. The Morgan fingerprint density at radius 1 is 0.237 bits per heavy atom. The maximum absolute atomic E-state index is 13.0. The number of esters is 3. The normalized spacial score (nSPS) is 12.1. The largest absolute Gasteiger partial charge is 0.462 e. The molecule has 0 saturated carbocycles. The number of carbonyl (C=O) groups excluding carboxylic acids is 3. The average molecular weight is 1130 g/mol. The zero-order valence-electron chi connectivity index (χ0n) is 54.4. The zero-order chi connectivity index (χ0) is 57.8. The highest BCUT2D eigenvalue weighted by molar-refractivity contribution is 5.71. The van der Waals surface area contributed by atoms with E-state index in [0.717, 1.165) is 57.8 Å². The molecule has 0 radical (unpaired) electrons. The van der Waals surface area contributed by atoms with Crippen LogP contribution in [0.5, 0.6) is 0 Å². The zero-order valence-corrected chi connectivity index (χ0v) is 54.4. The smallest absolute Gasteiger partial charge is 0.306 e. The van der Waals surface area contributed by atoms with Crippen LogP contribution in [0.25, 0.3) is 0 Å². The quantitative estimate of drug-likeness (QED) is 0.0261. The van der Waals surface area contributed by atoms with Crippen LogP contribution in [0.3, 0.4) is 0 Å². The van der Waals surface area contributed by atoms with Gasteiger partial charge in [-0.3, -0.25) is 14.4 Å². The Kier molecular flexibility index (Phi) is 67.6. The van der Waals surface area contributed by atoms with E-state index in [4.69, 9.17) is 14.2 Å².